The topological polar surface area (TPSA) is 75.9 Å². The Bertz CT molecular complexity index is 209. The van der Waals surface area contributed by atoms with Gasteiger partial charge in [0.1, 0.15) is 6.26 Å². The van der Waals surface area contributed by atoms with E-state index in [4.69, 9.17) is 15.6 Å². The second-order valence-corrected chi connectivity index (χ2v) is 2.60. The molecule has 0 aliphatic carbocycles. The van der Waals surface area contributed by atoms with Crippen LogP contribution in [0.15, 0.2) is 16.9 Å². The number of hydrogen-bond acceptors (Lipinski definition) is 4. The maximum absolute atomic E-state index is 6.87. The summed E-state index contributed by atoms with van der Waals surface area (Å²) in [7, 11) is 0. The van der Waals surface area contributed by atoms with Gasteiger partial charge in [-0.25, -0.2) is 4.98 Å². The molecule has 54 valence electrons. The van der Waals surface area contributed by atoms with E-state index in [2.05, 4.69) is 4.98 Å². The van der Waals surface area contributed by atoms with Gasteiger partial charge in [0.15, 0.2) is 5.17 Å². The Kier molecular flexibility index (Phi) is 2.33. The lowest BCUT2D eigenvalue weighted by molar-refractivity contribution is 0.517. The van der Waals surface area contributed by atoms with Crippen molar-refractivity contribution in [1.29, 1.82) is 5.41 Å². The lowest BCUT2D eigenvalue weighted by atomic mass is 10.8. The van der Waals surface area contributed by atoms with E-state index in [0.29, 0.717) is 11.6 Å². The lowest BCUT2D eigenvalue weighted by Crippen LogP contribution is -2.03. The van der Waals surface area contributed by atoms with Crippen LogP contribution in [0.2, 0.25) is 0 Å². The fraction of sp³-hybridized carbons (Fsp3) is 0.200. The predicted molar refractivity (Wildman–Crippen MR) is 39.7 cm³/mol. The molecule has 1 aromatic heterocycles. The summed E-state index contributed by atoms with van der Waals surface area (Å²) in [4.78, 5) is 3.85. The summed E-state index contributed by atoms with van der Waals surface area (Å²) >= 11 is 1.19. The first-order valence-electron chi connectivity index (χ1n) is 2.64. The fourth-order valence-electron chi connectivity index (χ4n) is 0.464. The maximum atomic E-state index is 6.87. The second kappa shape index (κ2) is 3.26. The average Bonchev–Trinajstić information content (AvgIpc) is 2.34. The molecule has 5 heteroatoms. The molecular weight excluding hydrogens is 150 g/mol. The summed E-state index contributed by atoms with van der Waals surface area (Å²) in [5, 5.41) is 6.95. The Balaban J connectivity index is 2.35. The lowest BCUT2D eigenvalue weighted by Gasteiger charge is -1.91. The SMILES string of the molecule is N=C(N)SCc1ncco1. The molecule has 1 aromatic rings. The molecule has 0 radical (unpaired) electrons. The number of nitrogens with two attached hydrogens (primary N) is 1. The molecule has 1 rings (SSSR count). The van der Waals surface area contributed by atoms with Gasteiger partial charge in [-0.05, 0) is 0 Å². The quantitative estimate of drug-likeness (QED) is 0.491. The summed E-state index contributed by atoms with van der Waals surface area (Å²) < 4.78 is 4.90. The zero-order valence-corrected chi connectivity index (χ0v) is 6.02. The number of rotatable bonds is 2. The molecule has 0 saturated carbocycles. The van der Waals surface area contributed by atoms with Gasteiger partial charge in [0, 0.05) is 0 Å². The van der Waals surface area contributed by atoms with E-state index in [1.165, 1.54) is 18.0 Å². The number of aromatic nitrogens is 1. The van der Waals surface area contributed by atoms with Crippen LogP contribution in [0, 0.1) is 5.41 Å². The van der Waals surface area contributed by atoms with E-state index in [9.17, 15) is 0 Å². The zero-order chi connectivity index (χ0) is 7.40. The number of nitrogens with one attached hydrogen (secondary N) is 1. The molecule has 0 aliphatic heterocycles. The van der Waals surface area contributed by atoms with E-state index in [0.717, 1.165) is 0 Å². The number of amidine groups is 1. The highest BCUT2D eigenvalue weighted by Gasteiger charge is 1.97. The third-order valence-electron chi connectivity index (χ3n) is 0.835. The molecule has 0 spiro atoms. The van der Waals surface area contributed by atoms with Gasteiger partial charge in [-0.3, -0.25) is 5.41 Å². The number of hydrogen-bond donors (Lipinski definition) is 2. The van der Waals surface area contributed by atoms with Gasteiger partial charge in [-0.2, -0.15) is 0 Å². The Morgan fingerprint density at radius 2 is 2.70 bits per heavy atom. The smallest absolute Gasteiger partial charge is 0.204 e. The van der Waals surface area contributed by atoms with Gasteiger partial charge in [0.2, 0.25) is 5.89 Å². The van der Waals surface area contributed by atoms with Gasteiger partial charge < -0.3 is 10.2 Å². The molecule has 0 aliphatic rings. The summed E-state index contributed by atoms with van der Waals surface area (Å²) in [6.07, 6.45) is 3.06. The van der Waals surface area contributed by atoms with Crippen molar-refractivity contribution in [2.75, 3.05) is 0 Å². The molecule has 0 saturated heterocycles. The van der Waals surface area contributed by atoms with Gasteiger partial charge >= 0.3 is 0 Å². The molecule has 0 atom stereocenters. The second-order valence-electron chi connectivity index (χ2n) is 1.58. The van der Waals surface area contributed by atoms with Crippen molar-refractivity contribution in [3.8, 4) is 0 Å². The fourth-order valence-corrected chi connectivity index (χ4v) is 0.885. The molecule has 0 aromatic carbocycles. The molecule has 0 amide bonds. The Labute approximate surface area is 62.3 Å². The van der Waals surface area contributed by atoms with E-state index < -0.39 is 0 Å². The standard InChI is InChI=1S/C5H7N3OS/c6-5(7)10-3-4-8-1-2-9-4/h1-2H,3H2,(H3,6,7). The zero-order valence-electron chi connectivity index (χ0n) is 5.20. The van der Waals surface area contributed by atoms with E-state index in [1.807, 2.05) is 0 Å². The minimum absolute atomic E-state index is 0.0817. The normalized spacial score (nSPS) is 9.60. The van der Waals surface area contributed by atoms with E-state index >= 15 is 0 Å². The van der Waals surface area contributed by atoms with Gasteiger partial charge in [-0.1, -0.05) is 11.8 Å². The number of nitrogens with zero attached hydrogens (tertiary/aromatic N) is 1. The van der Waals surface area contributed by atoms with Crippen molar-refractivity contribution < 1.29 is 4.42 Å². The van der Waals surface area contributed by atoms with Crippen molar-refractivity contribution in [2.24, 2.45) is 5.73 Å². The molecule has 0 unspecified atom stereocenters. The summed E-state index contributed by atoms with van der Waals surface area (Å²) in [5.74, 6) is 1.13. The molecule has 1 heterocycles. The molecule has 0 bridgehead atoms. The van der Waals surface area contributed by atoms with Crippen LogP contribution in [0.3, 0.4) is 0 Å². The van der Waals surface area contributed by atoms with Crippen LogP contribution in [0.4, 0.5) is 0 Å². The van der Waals surface area contributed by atoms with E-state index in [-0.39, 0.29) is 5.17 Å². The van der Waals surface area contributed by atoms with Gasteiger partial charge in [0.05, 0.1) is 11.9 Å². The van der Waals surface area contributed by atoms with Crippen LogP contribution in [-0.4, -0.2) is 10.2 Å². The predicted octanol–water partition coefficient (Wildman–Crippen LogP) is 0.801. The minimum Gasteiger partial charge on any atom is -0.448 e. The highest BCUT2D eigenvalue weighted by Crippen LogP contribution is 2.07. The maximum Gasteiger partial charge on any atom is 0.204 e. The average molecular weight is 157 g/mol. The van der Waals surface area contributed by atoms with Crippen LogP contribution in [0.5, 0.6) is 0 Å². The Morgan fingerprint density at radius 1 is 1.90 bits per heavy atom. The Hall–Kier alpha value is -0.970. The first-order chi connectivity index (χ1) is 4.79. The number of oxazole rings is 1. The first kappa shape index (κ1) is 7.14. The minimum atomic E-state index is 0.0817. The summed E-state index contributed by atoms with van der Waals surface area (Å²) in [6, 6.07) is 0. The first-order valence-corrected chi connectivity index (χ1v) is 3.63. The van der Waals surface area contributed by atoms with Crippen molar-refractivity contribution in [1.82, 2.24) is 4.98 Å². The molecule has 0 fully saturated rings. The van der Waals surface area contributed by atoms with Gasteiger partial charge in [-0.15, -0.1) is 0 Å². The number of thioether (sulfide) groups is 1. The van der Waals surface area contributed by atoms with Gasteiger partial charge in [0.25, 0.3) is 0 Å². The van der Waals surface area contributed by atoms with Crippen LogP contribution in [0.25, 0.3) is 0 Å². The molecule has 3 N–H and O–H groups in total. The summed E-state index contributed by atoms with van der Waals surface area (Å²) in [5.41, 5.74) is 5.09. The van der Waals surface area contributed by atoms with Crippen molar-refractivity contribution in [2.45, 2.75) is 5.75 Å². The third-order valence-corrected chi connectivity index (χ3v) is 1.54. The monoisotopic (exact) mass is 157 g/mol. The highest BCUT2D eigenvalue weighted by atomic mass is 32.2. The molecular formula is C5H7N3OS. The summed E-state index contributed by atoms with van der Waals surface area (Å²) in [6.45, 7) is 0. The third kappa shape index (κ3) is 2.10. The van der Waals surface area contributed by atoms with E-state index in [1.54, 1.807) is 6.20 Å². The van der Waals surface area contributed by atoms with Crippen molar-refractivity contribution >= 4 is 16.9 Å². The van der Waals surface area contributed by atoms with Crippen LogP contribution in [-0.2, 0) is 5.75 Å². The van der Waals surface area contributed by atoms with Crippen LogP contribution in [0.1, 0.15) is 5.89 Å². The van der Waals surface area contributed by atoms with Crippen molar-refractivity contribution in [3.63, 3.8) is 0 Å². The van der Waals surface area contributed by atoms with Crippen LogP contribution < -0.4 is 5.73 Å². The Morgan fingerprint density at radius 3 is 3.20 bits per heavy atom. The van der Waals surface area contributed by atoms with Crippen molar-refractivity contribution in [3.05, 3.63) is 18.4 Å². The molecule has 4 nitrogen and oxygen atoms in total. The highest BCUT2D eigenvalue weighted by molar-refractivity contribution is 8.12. The largest absolute Gasteiger partial charge is 0.448 e. The molecule has 10 heavy (non-hydrogen) atoms. The van der Waals surface area contributed by atoms with Crippen LogP contribution >= 0.6 is 11.8 Å².